The lowest BCUT2D eigenvalue weighted by Gasteiger charge is -2.29. The van der Waals surface area contributed by atoms with Gasteiger partial charge in [0.25, 0.3) is 0 Å². The maximum absolute atomic E-state index is 12.7. The number of amides is 1. The summed E-state index contributed by atoms with van der Waals surface area (Å²) in [5.74, 6) is 0.979. The van der Waals surface area contributed by atoms with E-state index in [2.05, 4.69) is 17.6 Å². The van der Waals surface area contributed by atoms with Gasteiger partial charge in [-0.2, -0.15) is 0 Å². The van der Waals surface area contributed by atoms with Crippen LogP contribution in [0.15, 0.2) is 24.3 Å². The van der Waals surface area contributed by atoms with Crippen LogP contribution < -0.4 is 15.4 Å². The lowest BCUT2D eigenvalue weighted by molar-refractivity contribution is -0.131. The zero-order chi connectivity index (χ0) is 15.3. The number of methoxy groups -OCH3 is 1. The molecule has 1 aromatic carbocycles. The number of carbonyl (C=O) groups is 1. The van der Waals surface area contributed by atoms with E-state index >= 15 is 0 Å². The Bertz CT molecular complexity index is 481. The predicted octanol–water partition coefficient (Wildman–Crippen LogP) is 2.65. The summed E-state index contributed by atoms with van der Waals surface area (Å²) in [5.41, 5.74) is 0.774. The van der Waals surface area contributed by atoms with Crippen molar-refractivity contribution in [3.8, 4) is 5.75 Å². The molecule has 0 bridgehead atoms. The van der Waals surface area contributed by atoms with E-state index in [9.17, 15) is 4.79 Å². The molecule has 0 aromatic heterocycles. The summed E-state index contributed by atoms with van der Waals surface area (Å²) in [6.45, 7) is 5.86. The van der Waals surface area contributed by atoms with Crippen LogP contribution in [0.5, 0.6) is 5.75 Å². The molecule has 2 N–H and O–H groups in total. The highest BCUT2D eigenvalue weighted by Crippen LogP contribution is 2.33. The number of ether oxygens (including phenoxy) is 1. The van der Waals surface area contributed by atoms with Gasteiger partial charge in [-0.25, -0.2) is 0 Å². The molecule has 1 heterocycles. The third kappa shape index (κ3) is 3.38. The topological polar surface area (TPSA) is 50.4 Å². The number of para-hydroxylation sites is 1. The first kappa shape index (κ1) is 15.8. The van der Waals surface area contributed by atoms with Crippen molar-refractivity contribution in [2.24, 2.45) is 5.41 Å². The molecule has 2 atom stereocenters. The fourth-order valence-corrected chi connectivity index (χ4v) is 3.19. The number of benzene rings is 1. The van der Waals surface area contributed by atoms with Gasteiger partial charge in [0, 0.05) is 12.1 Å². The Balaban J connectivity index is 2.11. The van der Waals surface area contributed by atoms with Crippen LogP contribution in [0.3, 0.4) is 0 Å². The van der Waals surface area contributed by atoms with E-state index in [0.29, 0.717) is 0 Å². The van der Waals surface area contributed by atoms with E-state index in [-0.39, 0.29) is 17.4 Å². The summed E-state index contributed by atoms with van der Waals surface area (Å²) in [5, 5.41) is 6.51. The minimum Gasteiger partial charge on any atom is -0.496 e. The first-order chi connectivity index (χ1) is 10.1. The van der Waals surface area contributed by atoms with Crippen molar-refractivity contribution in [1.82, 2.24) is 10.6 Å². The smallest absolute Gasteiger partial charge is 0.228 e. The summed E-state index contributed by atoms with van der Waals surface area (Å²) in [4.78, 5) is 12.7. The molecule has 1 saturated heterocycles. The molecule has 0 radical (unpaired) electrons. The van der Waals surface area contributed by atoms with Gasteiger partial charge in [-0.05, 0) is 32.4 Å². The van der Waals surface area contributed by atoms with Crippen molar-refractivity contribution >= 4 is 5.91 Å². The van der Waals surface area contributed by atoms with Crippen molar-refractivity contribution in [3.63, 3.8) is 0 Å². The van der Waals surface area contributed by atoms with Crippen molar-refractivity contribution in [3.05, 3.63) is 29.8 Å². The van der Waals surface area contributed by atoms with Crippen LogP contribution in [0, 0.1) is 5.41 Å². The Morgan fingerprint density at radius 2 is 2.24 bits per heavy atom. The summed E-state index contributed by atoms with van der Waals surface area (Å²) in [6.07, 6.45) is 2.88. The summed E-state index contributed by atoms with van der Waals surface area (Å²) in [6, 6.07) is 7.79. The largest absolute Gasteiger partial charge is 0.496 e. The highest BCUT2D eigenvalue weighted by molar-refractivity contribution is 5.83. The van der Waals surface area contributed by atoms with Crippen LogP contribution in [-0.4, -0.2) is 26.1 Å². The van der Waals surface area contributed by atoms with Gasteiger partial charge in [0.15, 0.2) is 0 Å². The van der Waals surface area contributed by atoms with Crippen molar-refractivity contribution in [2.45, 2.75) is 39.2 Å². The van der Waals surface area contributed by atoms with Crippen LogP contribution in [0.25, 0.3) is 0 Å². The molecule has 2 unspecified atom stereocenters. The highest BCUT2D eigenvalue weighted by Gasteiger charge is 2.40. The molecule has 1 amide bonds. The lowest BCUT2D eigenvalue weighted by atomic mass is 9.81. The Morgan fingerprint density at radius 1 is 1.48 bits per heavy atom. The Kier molecular flexibility index (Phi) is 5.23. The average Bonchev–Trinajstić information content (AvgIpc) is 2.97. The SMILES string of the molecule is CCCC1(C(=O)NC(C)c2ccccc2OC)CCNC1. The van der Waals surface area contributed by atoms with Gasteiger partial charge < -0.3 is 15.4 Å². The maximum atomic E-state index is 12.7. The van der Waals surface area contributed by atoms with E-state index in [1.54, 1.807) is 7.11 Å². The molecule has 116 valence electrons. The quantitative estimate of drug-likeness (QED) is 0.847. The standard InChI is InChI=1S/C17H26N2O2/c1-4-9-17(10-11-18-12-17)16(20)19-13(2)14-7-5-6-8-15(14)21-3/h5-8,13,18H,4,9-12H2,1-3H3,(H,19,20). The highest BCUT2D eigenvalue weighted by atomic mass is 16.5. The number of hydrogen-bond acceptors (Lipinski definition) is 3. The molecule has 4 heteroatoms. The monoisotopic (exact) mass is 290 g/mol. The molecule has 21 heavy (non-hydrogen) atoms. The molecule has 1 aromatic rings. The van der Waals surface area contributed by atoms with E-state index in [1.165, 1.54) is 0 Å². The third-order valence-corrected chi connectivity index (χ3v) is 4.41. The predicted molar refractivity (Wildman–Crippen MR) is 84.4 cm³/mol. The fourth-order valence-electron chi connectivity index (χ4n) is 3.19. The molecule has 0 saturated carbocycles. The lowest BCUT2D eigenvalue weighted by Crippen LogP contribution is -2.43. The molecular weight excluding hydrogens is 264 g/mol. The second-order valence-corrected chi connectivity index (χ2v) is 5.89. The summed E-state index contributed by atoms with van der Waals surface area (Å²) in [7, 11) is 1.66. The minimum absolute atomic E-state index is 0.0528. The third-order valence-electron chi connectivity index (χ3n) is 4.41. The second-order valence-electron chi connectivity index (χ2n) is 5.89. The molecular formula is C17H26N2O2. The molecule has 1 aliphatic heterocycles. The maximum Gasteiger partial charge on any atom is 0.228 e. The number of carbonyl (C=O) groups excluding carboxylic acids is 1. The molecule has 1 aliphatic rings. The summed E-state index contributed by atoms with van der Waals surface area (Å²) < 4.78 is 5.38. The molecule has 0 spiro atoms. The van der Waals surface area contributed by atoms with Gasteiger partial charge in [0.05, 0.1) is 18.6 Å². The Morgan fingerprint density at radius 3 is 2.86 bits per heavy atom. The molecule has 4 nitrogen and oxygen atoms in total. The number of rotatable bonds is 6. The van der Waals surface area contributed by atoms with Gasteiger partial charge in [-0.1, -0.05) is 31.5 Å². The zero-order valence-corrected chi connectivity index (χ0v) is 13.2. The van der Waals surface area contributed by atoms with Crippen molar-refractivity contribution in [1.29, 1.82) is 0 Å². The van der Waals surface area contributed by atoms with E-state index in [0.717, 1.165) is 43.7 Å². The minimum atomic E-state index is -0.245. The van der Waals surface area contributed by atoms with Crippen molar-refractivity contribution in [2.75, 3.05) is 20.2 Å². The summed E-state index contributed by atoms with van der Waals surface area (Å²) >= 11 is 0. The van der Waals surface area contributed by atoms with E-state index in [1.807, 2.05) is 31.2 Å². The fraction of sp³-hybridized carbons (Fsp3) is 0.588. The Hall–Kier alpha value is -1.55. The van der Waals surface area contributed by atoms with Crippen LogP contribution in [-0.2, 0) is 4.79 Å². The molecule has 1 fully saturated rings. The first-order valence-electron chi connectivity index (χ1n) is 7.77. The normalized spacial score (nSPS) is 22.8. The zero-order valence-electron chi connectivity index (χ0n) is 13.2. The van der Waals surface area contributed by atoms with Crippen LogP contribution in [0.1, 0.15) is 44.7 Å². The van der Waals surface area contributed by atoms with Crippen molar-refractivity contribution < 1.29 is 9.53 Å². The van der Waals surface area contributed by atoms with Gasteiger partial charge in [-0.15, -0.1) is 0 Å². The molecule has 0 aliphatic carbocycles. The van der Waals surface area contributed by atoms with Crippen LogP contribution in [0.2, 0.25) is 0 Å². The molecule has 2 rings (SSSR count). The van der Waals surface area contributed by atoms with E-state index in [4.69, 9.17) is 4.74 Å². The van der Waals surface area contributed by atoms with Crippen LogP contribution >= 0.6 is 0 Å². The van der Waals surface area contributed by atoms with Gasteiger partial charge in [0.1, 0.15) is 5.75 Å². The number of hydrogen-bond donors (Lipinski definition) is 2. The van der Waals surface area contributed by atoms with Gasteiger partial charge in [0.2, 0.25) is 5.91 Å². The second kappa shape index (κ2) is 6.94. The first-order valence-corrected chi connectivity index (χ1v) is 7.77. The number of nitrogens with one attached hydrogen (secondary N) is 2. The Labute approximate surface area is 127 Å². The van der Waals surface area contributed by atoms with Gasteiger partial charge >= 0.3 is 0 Å². The van der Waals surface area contributed by atoms with Gasteiger partial charge in [-0.3, -0.25) is 4.79 Å². The average molecular weight is 290 g/mol. The van der Waals surface area contributed by atoms with Crippen LogP contribution in [0.4, 0.5) is 0 Å². The van der Waals surface area contributed by atoms with E-state index < -0.39 is 0 Å².